The molecule has 1 fully saturated rings. The Hall–Kier alpha value is -0.230. The highest BCUT2D eigenvalue weighted by atomic mass is 32.2. The Bertz CT molecular complexity index is 266. The van der Waals surface area contributed by atoms with E-state index in [1.54, 1.807) is 6.92 Å². The molecular weight excluding hydrogens is 198 g/mol. The second-order valence-electron chi connectivity index (χ2n) is 3.21. The van der Waals surface area contributed by atoms with Gasteiger partial charge in [-0.2, -0.15) is 0 Å². The van der Waals surface area contributed by atoms with Gasteiger partial charge in [-0.1, -0.05) is 6.92 Å². The lowest BCUT2D eigenvalue weighted by atomic mass is 10.1. The van der Waals surface area contributed by atoms with E-state index in [2.05, 4.69) is 0 Å². The zero-order chi connectivity index (χ0) is 10.1. The summed E-state index contributed by atoms with van der Waals surface area (Å²) in [5, 5.41) is 0. The van der Waals surface area contributed by atoms with Crippen molar-refractivity contribution in [2.24, 2.45) is 0 Å². The van der Waals surface area contributed by atoms with Gasteiger partial charge < -0.3 is 0 Å². The first-order valence-corrected chi connectivity index (χ1v) is 5.95. The number of hydrogen-bond donors (Lipinski definition) is 1. The fourth-order valence-electron chi connectivity index (χ4n) is 1.29. The topological polar surface area (TPSA) is 44.2 Å². The van der Waals surface area contributed by atoms with Gasteiger partial charge in [0.15, 0.2) is 0 Å². The summed E-state index contributed by atoms with van der Waals surface area (Å²) in [7, 11) is -2.77. The normalized spacial score (nSPS) is 28.2. The molecule has 1 atom stereocenters. The third-order valence-electron chi connectivity index (χ3n) is 2.26. The third-order valence-corrected chi connectivity index (χ3v) is 4.24. The molecule has 1 unspecified atom stereocenters. The molecular formula is C7H14F2N2OS. The average molecular weight is 212 g/mol. The molecule has 0 spiro atoms. The smallest absolute Gasteiger partial charge is 0.240 e. The minimum atomic E-state index is -2.77. The first-order chi connectivity index (χ1) is 5.87. The Kier molecular flexibility index (Phi) is 2.91. The Morgan fingerprint density at radius 3 is 2.31 bits per heavy atom. The molecule has 1 saturated heterocycles. The van der Waals surface area contributed by atoms with Crippen molar-refractivity contribution in [3.8, 4) is 0 Å². The highest BCUT2D eigenvalue weighted by Gasteiger charge is 2.36. The molecule has 0 radical (unpaired) electrons. The first kappa shape index (κ1) is 10.8. The Morgan fingerprint density at radius 1 is 1.46 bits per heavy atom. The molecule has 6 heteroatoms. The average Bonchev–Trinajstić information content (AvgIpc) is 2.04. The van der Waals surface area contributed by atoms with Gasteiger partial charge >= 0.3 is 0 Å². The highest BCUT2D eigenvalue weighted by molar-refractivity contribution is 7.90. The largest absolute Gasteiger partial charge is 0.250 e. The molecule has 1 aliphatic heterocycles. The molecule has 78 valence electrons. The molecule has 13 heavy (non-hydrogen) atoms. The summed E-state index contributed by atoms with van der Waals surface area (Å²) in [6, 6.07) is 0. The van der Waals surface area contributed by atoms with Crippen LogP contribution in [-0.4, -0.2) is 33.3 Å². The quantitative estimate of drug-likeness (QED) is 0.744. The molecule has 0 aromatic carbocycles. The summed E-state index contributed by atoms with van der Waals surface area (Å²) in [4.78, 5) is 0. The summed E-state index contributed by atoms with van der Waals surface area (Å²) < 4.78 is 45.6. The molecule has 1 rings (SSSR count). The van der Waals surface area contributed by atoms with Crippen molar-refractivity contribution in [1.82, 2.24) is 4.31 Å². The molecule has 1 heterocycles. The van der Waals surface area contributed by atoms with Crippen LogP contribution in [0.1, 0.15) is 19.8 Å². The van der Waals surface area contributed by atoms with Gasteiger partial charge in [-0.05, 0) is 0 Å². The van der Waals surface area contributed by atoms with Crippen molar-refractivity contribution in [2.75, 3.05) is 18.8 Å². The van der Waals surface area contributed by atoms with Gasteiger partial charge in [-0.3, -0.25) is 0 Å². The summed E-state index contributed by atoms with van der Waals surface area (Å²) in [5.74, 6) is -2.42. The minimum Gasteiger partial charge on any atom is -0.240 e. The maximum atomic E-state index is 12.7. The van der Waals surface area contributed by atoms with Crippen LogP contribution in [0, 0.1) is 4.78 Å². The third kappa shape index (κ3) is 2.60. The van der Waals surface area contributed by atoms with Gasteiger partial charge in [0.2, 0.25) is 0 Å². The van der Waals surface area contributed by atoms with Gasteiger partial charge in [-0.25, -0.2) is 22.1 Å². The Balaban J connectivity index is 2.61. The van der Waals surface area contributed by atoms with E-state index in [1.807, 2.05) is 0 Å². The number of halogens is 2. The number of hydrogen-bond acceptors (Lipinski definition) is 2. The standard InChI is InChI=1S/C7H14F2N2OS/c1-2-13(10,12)11-5-3-7(8,9)4-6-11/h10H,2-6H2,1H3. The van der Waals surface area contributed by atoms with Crippen molar-refractivity contribution in [1.29, 1.82) is 4.78 Å². The van der Waals surface area contributed by atoms with Crippen LogP contribution in [0.4, 0.5) is 8.78 Å². The predicted octanol–water partition coefficient (Wildman–Crippen LogP) is 1.70. The fraction of sp³-hybridized carbons (Fsp3) is 1.00. The summed E-state index contributed by atoms with van der Waals surface area (Å²) >= 11 is 0. The molecule has 0 aromatic rings. The maximum absolute atomic E-state index is 12.7. The zero-order valence-corrected chi connectivity index (χ0v) is 8.37. The molecule has 0 saturated carbocycles. The van der Waals surface area contributed by atoms with Crippen LogP contribution in [0.2, 0.25) is 0 Å². The molecule has 0 bridgehead atoms. The number of alkyl halides is 2. The van der Waals surface area contributed by atoms with Crippen LogP contribution < -0.4 is 0 Å². The van der Waals surface area contributed by atoms with Crippen LogP contribution in [-0.2, 0) is 9.92 Å². The number of rotatable bonds is 2. The maximum Gasteiger partial charge on any atom is 0.250 e. The molecule has 0 amide bonds. The monoisotopic (exact) mass is 212 g/mol. The lowest BCUT2D eigenvalue weighted by Crippen LogP contribution is -2.42. The first-order valence-electron chi connectivity index (χ1n) is 4.27. The van der Waals surface area contributed by atoms with Crippen LogP contribution in [0.5, 0.6) is 0 Å². The van der Waals surface area contributed by atoms with Crippen molar-refractivity contribution in [3.63, 3.8) is 0 Å². The number of nitrogens with one attached hydrogen (secondary N) is 1. The minimum absolute atomic E-state index is 0.0726. The van der Waals surface area contributed by atoms with Crippen LogP contribution in [0.3, 0.4) is 0 Å². The lowest BCUT2D eigenvalue weighted by molar-refractivity contribution is -0.0408. The van der Waals surface area contributed by atoms with Crippen molar-refractivity contribution < 1.29 is 13.0 Å². The van der Waals surface area contributed by atoms with Crippen molar-refractivity contribution in [3.05, 3.63) is 0 Å². The van der Waals surface area contributed by atoms with Crippen LogP contribution in [0.25, 0.3) is 0 Å². The molecule has 1 aliphatic rings. The SMILES string of the molecule is CCS(=N)(=O)N1CCC(F)(F)CC1. The zero-order valence-electron chi connectivity index (χ0n) is 7.56. The molecule has 1 N–H and O–H groups in total. The van der Waals surface area contributed by atoms with E-state index < -0.39 is 15.8 Å². The van der Waals surface area contributed by atoms with E-state index in [9.17, 15) is 13.0 Å². The number of nitrogens with zero attached hydrogens (tertiary/aromatic N) is 1. The Labute approximate surface area is 77.2 Å². The van der Waals surface area contributed by atoms with Gasteiger partial charge in [0.1, 0.15) is 9.92 Å². The molecule has 0 aliphatic carbocycles. The van der Waals surface area contributed by atoms with E-state index in [0.29, 0.717) is 0 Å². The predicted molar refractivity (Wildman–Crippen MR) is 47.2 cm³/mol. The van der Waals surface area contributed by atoms with Crippen molar-refractivity contribution >= 4 is 9.92 Å². The molecule has 0 aromatic heterocycles. The van der Waals surface area contributed by atoms with Gasteiger partial charge in [-0.15, -0.1) is 0 Å². The number of piperidine rings is 1. The van der Waals surface area contributed by atoms with Gasteiger partial charge in [0, 0.05) is 31.7 Å². The van der Waals surface area contributed by atoms with Crippen LogP contribution in [0.15, 0.2) is 0 Å². The second kappa shape index (κ2) is 3.49. The van der Waals surface area contributed by atoms with E-state index in [0.717, 1.165) is 0 Å². The lowest BCUT2D eigenvalue weighted by Gasteiger charge is -2.32. The van der Waals surface area contributed by atoms with E-state index in [4.69, 9.17) is 4.78 Å². The highest BCUT2D eigenvalue weighted by Crippen LogP contribution is 2.28. The van der Waals surface area contributed by atoms with E-state index in [-0.39, 0.29) is 31.7 Å². The van der Waals surface area contributed by atoms with Crippen LogP contribution >= 0.6 is 0 Å². The summed E-state index contributed by atoms with van der Waals surface area (Å²) in [5.41, 5.74) is 0. The fourth-order valence-corrected chi connectivity index (χ4v) is 2.43. The van der Waals surface area contributed by atoms with E-state index in [1.165, 1.54) is 4.31 Å². The summed E-state index contributed by atoms with van der Waals surface area (Å²) in [6.07, 6.45) is -0.550. The van der Waals surface area contributed by atoms with Crippen molar-refractivity contribution in [2.45, 2.75) is 25.7 Å². The van der Waals surface area contributed by atoms with Gasteiger partial charge in [0.05, 0.1) is 0 Å². The second-order valence-corrected chi connectivity index (χ2v) is 5.59. The summed E-state index contributed by atoms with van der Waals surface area (Å²) in [6.45, 7) is 1.79. The van der Waals surface area contributed by atoms with Gasteiger partial charge in [0.25, 0.3) is 5.92 Å². The molecule has 3 nitrogen and oxygen atoms in total. The van der Waals surface area contributed by atoms with E-state index >= 15 is 0 Å². The Morgan fingerprint density at radius 2 is 1.92 bits per heavy atom.